The Balaban J connectivity index is 1.97. The fourth-order valence-electron chi connectivity index (χ4n) is 3.01. The van der Waals surface area contributed by atoms with E-state index in [1.54, 1.807) is 24.3 Å². The van der Waals surface area contributed by atoms with E-state index in [1.807, 2.05) is 19.1 Å². The molecule has 2 heterocycles. The Bertz CT molecular complexity index is 1120. The number of para-hydroxylation sites is 1. The van der Waals surface area contributed by atoms with Crippen molar-refractivity contribution in [1.29, 1.82) is 0 Å². The Morgan fingerprint density at radius 2 is 1.71 bits per heavy atom. The van der Waals surface area contributed by atoms with Gasteiger partial charge in [-0.25, -0.2) is 13.2 Å². The zero-order chi connectivity index (χ0) is 17.1. The molecule has 0 bridgehead atoms. The highest BCUT2D eigenvalue weighted by molar-refractivity contribution is 7.90. The summed E-state index contributed by atoms with van der Waals surface area (Å²) < 4.78 is 27.3. The molecule has 4 rings (SSSR count). The van der Waals surface area contributed by atoms with E-state index in [2.05, 4.69) is 0 Å². The summed E-state index contributed by atoms with van der Waals surface area (Å²) in [5.74, 6) is -0.531. The summed E-state index contributed by atoms with van der Waals surface area (Å²) in [5.41, 5.74) is 1.88. The smallest absolute Gasteiger partial charge is 0.350 e. The largest absolute Gasteiger partial charge is 0.492 e. The van der Waals surface area contributed by atoms with Crippen LogP contribution in [-0.2, 0) is 16.4 Å². The number of rotatable bonds is 2. The molecule has 6 nitrogen and oxygen atoms in total. The summed E-state index contributed by atoms with van der Waals surface area (Å²) >= 11 is 0. The van der Waals surface area contributed by atoms with E-state index in [-0.39, 0.29) is 10.6 Å². The number of aryl methyl sites for hydroxylation is 1. The molecule has 0 saturated heterocycles. The molecule has 122 valence electrons. The summed E-state index contributed by atoms with van der Waals surface area (Å²) in [6.45, 7) is 1.84. The molecular formula is C17H14N2O4S. The van der Waals surface area contributed by atoms with Crippen LogP contribution in [0.5, 0.6) is 5.88 Å². The first-order valence-corrected chi connectivity index (χ1v) is 8.81. The first-order chi connectivity index (χ1) is 11.4. The molecule has 1 aliphatic heterocycles. The topological polar surface area (TPSA) is 81.3 Å². The Labute approximate surface area is 138 Å². The predicted molar refractivity (Wildman–Crippen MR) is 88.3 cm³/mol. The average Bonchev–Trinajstić information content (AvgIpc) is 3.04. The minimum atomic E-state index is -4.16. The number of fused-ring (bicyclic) bond motifs is 3. The van der Waals surface area contributed by atoms with Gasteiger partial charge in [0.25, 0.3) is 10.0 Å². The van der Waals surface area contributed by atoms with Gasteiger partial charge in [0.15, 0.2) is 0 Å². The van der Waals surface area contributed by atoms with Gasteiger partial charge in [0.1, 0.15) is 0 Å². The van der Waals surface area contributed by atoms with Crippen molar-refractivity contribution in [2.75, 3.05) is 0 Å². The number of hydrogen-bond acceptors (Lipinski definition) is 4. The maximum atomic E-state index is 12.8. The fraction of sp³-hybridized carbons (Fsp3) is 0.118. The highest BCUT2D eigenvalue weighted by atomic mass is 32.2. The zero-order valence-corrected chi connectivity index (χ0v) is 13.6. The van der Waals surface area contributed by atoms with Gasteiger partial charge in [-0.2, -0.15) is 0 Å². The van der Waals surface area contributed by atoms with Gasteiger partial charge >= 0.3 is 5.69 Å². The van der Waals surface area contributed by atoms with Crippen LogP contribution in [0.15, 0.2) is 58.2 Å². The number of hydrogen-bond donors (Lipinski definition) is 1. The number of benzene rings is 2. The normalized spacial score (nSPS) is 12.9. The van der Waals surface area contributed by atoms with Gasteiger partial charge in [-0.05, 0) is 30.7 Å². The van der Waals surface area contributed by atoms with Crippen LogP contribution in [0.25, 0.3) is 5.69 Å². The van der Waals surface area contributed by atoms with Crippen LogP contribution in [-0.4, -0.2) is 22.1 Å². The van der Waals surface area contributed by atoms with E-state index in [0.29, 0.717) is 16.1 Å². The highest BCUT2D eigenvalue weighted by Gasteiger charge is 2.33. The Kier molecular flexibility index (Phi) is 2.98. The standard InChI is InChI=1S/C17H14N2O4S/c1-11-6-8-13(9-7-11)24(22,23)19-16(20)15-10-12-4-2-3-5-14(12)18(15)17(19)21/h2-9,20H,10H2,1H3. The second-order valence-electron chi connectivity index (χ2n) is 5.78. The quantitative estimate of drug-likeness (QED) is 0.602. The van der Waals surface area contributed by atoms with E-state index >= 15 is 0 Å². The van der Waals surface area contributed by atoms with Crippen molar-refractivity contribution in [2.24, 2.45) is 0 Å². The molecule has 1 aliphatic rings. The van der Waals surface area contributed by atoms with Crippen LogP contribution in [0, 0.1) is 6.92 Å². The molecule has 0 saturated carbocycles. The third-order valence-electron chi connectivity index (χ3n) is 4.24. The SMILES string of the molecule is Cc1ccc(S(=O)(=O)n2c(O)c3n(c2=O)-c2ccccc2C3)cc1. The molecule has 2 aromatic carbocycles. The maximum Gasteiger partial charge on any atom is 0.350 e. The van der Waals surface area contributed by atoms with Gasteiger partial charge < -0.3 is 5.11 Å². The molecular weight excluding hydrogens is 328 g/mol. The van der Waals surface area contributed by atoms with Crippen molar-refractivity contribution >= 4 is 10.0 Å². The molecule has 1 N–H and O–H groups in total. The fourth-order valence-corrected chi connectivity index (χ4v) is 4.32. The molecule has 0 fully saturated rings. The van der Waals surface area contributed by atoms with Crippen molar-refractivity contribution in [1.82, 2.24) is 8.54 Å². The van der Waals surface area contributed by atoms with E-state index in [0.717, 1.165) is 11.1 Å². The number of aromatic hydroxyl groups is 1. The molecule has 3 aromatic rings. The second kappa shape index (κ2) is 4.85. The summed E-state index contributed by atoms with van der Waals surface area (Å²) in [4.78, 5) is 12.7. The lowest BCUT2D eigenvalue weighted by Gasteiger charge is -2.07. The summed E-state index contributed by atoms with van der Waals surface area (Å²) in [6.07, 6.45) is 0.313. The van der Waals surface area contributed by atoms with Crippen molar-refractivity contribution in [2.45, 2.75) is 18.2 Å². The van der Waals surface area contributed by atoms with Gasteiger partial charge in [-0.3, -0.25) is 4.57 Å². The third-order valence-corrected chi connectivity index (χ3v) is 5.91. The number of imidazole rings is 1. The molecule has 0 radical (unpaired) electrons. The van der Waals surface area contributed by atoms with Crippen molar-refractivity contribution in [3.63, 3.8) is 0 Å². The van der Waals surface area contributed by atoms with Crippen LogP contribution < -0.4 is 5.69 Å². The van der Waals surface area contributed by atoms with E-state index in [9.17, 15) is 18.3 Å². The summed E-state index contributed by atoms with van der Waals surface area (Å²) in [6, 6.07) is 13.3. The molecule has 0 unspecified atom stereocenters. The van der Waals surface area contributed by atoms with Crippen LogP contribution in [0.3, 0.4) is 0 Å². The molecule has 0 aliphatic carbocycles. The highest BCUT2D eigenvalue weighted by Crippen LogP contribution is 2.33. The van der Waals surface area contributed by atoms with E-state index in [1.165, 1.54) is 16.7 Å². The minimum Gasteiger partial charge on any atom is -0.492 e. The lowest BCUT2D eigenvalue weighted by molar-refractivity contribution is 0.438. The molecule has 0 spiro atoms. The van der Waals surface area contributed by atoms with Gasteiger partial charge in [0.2, 0.25) is 5.88 Å². The van der Waals surface area contributed by atoms with Crippen molar-refractivity contribution in [3.05, 3.63) is 75.8 Å². The van der Waals surface area contributed by atoms with Crippen molar-refractivity contribution in [3.8, 4) is 11.6 Å². The molecule has 0 amide bonds. The Morgan fingerprint density at radius 1 is 1.04 bits per heavy atom. The van der Waals surface area contributed by atoms with E-state index in [4.69, 9.17) is 0 Å². The van der Waals surface area contributed by atoms with Crippen molar-refractivity contribution < 1.29 is 13.5 Å². The number of nitrogens with zero attached hydrogens (tertiary/aromatic N) is 2. The molecule has 1 aromatic heterocycles. The molecule has 7 heteroatoms. The average molecular weight is 342 g/mol. The first-order valence-electron chi connectivity index (χ1n) is 7.37. The van der Waals surface area contributed by atoms with Crippen LogP contribution in [0.1, 0.15) is 16.8 Å². The lowest BCUT2D eigenvalue weighted by Crippen LogP contribution is -2.28. The van der Waals surface area contributed by atoms with Gasteiger partial charge in [0.05, 0.1) is 16.3 Å². The monoisotopic (exact) mass is 342 g/mol. The Hall–Kier alpha value is -2.80. The van der Waals surface area contributed by atoms with E-state index < -0.39 is 21.6 Å². The van der Waals surface area contributed by atoms with Gasteiger partial charge in [-0.1, -0.05) is 35.9 Å². The van der Waals surface area contributed by atoms with Gasteiger partial charge in [-0.15, -0.1) is 3.97 Å². The lowest BCUT2D eigenvalue weighted by atomic mass is 10.1. The Morgan fingerprint density at radius 3 is 2.42 bits per heavy atom. The molecule has 24 heavy (non-hydrogen) atoms. The summed E-state index contributed by atoms with van der Waals surface area (Å²) in [7, 11) is -4.16. The summed E-state index contributed by atoms with van der Waals surface area (Å²) in [5, 5.41) is 10.4. The zero-order valence-electron chi connectivity index (χ0n) is 12.8. The number of aromatic nitrogens is 2. The molecule has 0 atom stereocenters. The van der Waals surface area contributed by atoms with Crippen LogP contribution >= 0.6 is 0 Å². The predicted octanol–water partition coefficient (Wildman–Crippen LogP) is 1.79. The van der Waals surface area contributed by atoms with Crippen LogP contribution in [0.4, 0.5) is 0 Å². The third kappa shape index (κ3) is 1.88. The van der Waals surface area contributed by atoms with Crippen LogP contribution in [0.2, 0.25) is 0 Å². The second-order valence-corrected chi connectivity index (χ2v) is 7.56. The maximum absolute atomic E-state index is 12.8. The minimum absolute atomic E-state index is 0.0388. The van der Waals surface area contributed by atoms with Gasteiger partial charge in [0, 0.05) is 6.42 Å². The first kappa shape index (κ1) is 14.8.